The highest BCUT2D eigenvalue weighted by Crippen LogP contribution is 2.29. The lowest BCUT2D eigenvalue weighted by Crippen LogP contribution is -2.01. The monoisotopic (exact) mass is 260 g/mol. The number of rotatable bonds is 1. The van der Waals surface area contributed by atoms with E-state index in [2.05, 4.69) is 15.9 Å². The molecule has 6 heteroatoms. The van der Waals surface area contributed by atoms with Gasteiger partial charge < -0.3 is 15.3 Å². The number of carboxylic acids is 1. The summed E-state index contributed by atoms with van der Waals surface area (Å²) in [7, 11) is 0. The largest absolute Gasteiger partial charge is 0.504 e. The minimum atomic E-state index is -1.36. The Morgan fingerprint density at radius 3 is 2.36 bits per heavy atom. The predicted octanol–water partition coefficient (Wildman–Crippen LogP) is 0.919. The van der Waals surface area contributed by atoms with Crippen LogP contribution in [0.4, 0.5) is 0 Å². The number of hydrogen-bond acceptors (Lipinski definition) is 4. The van der Waals surface area contributed by atoms with E-state index in [0.29, 0.717) is 0 Å². The SMILES string of the molecule is O=C(O)c1cc(O)c(O)c(Br)c(=O)c1. The lowest BCUT2D eigenvalue weighted by atomic mass is 10.3. The number of hydrogen-bond donors (Lipinski definition) is 3. The Labute approximate surface area is 86.4 Å². The third-order valence-electron chi connectivity index (χ3n) is 1.49. The molecule has 1 aromatic carbocycles. The summed E-state index contributed by atoms with van der Waals surface area (Å²) >= 11 is 2.73. The highest BCUT2D eigenvalue weighted by atomic mass is 79.9. The lowest BCUT2D eigenvalue weighted by Gasteiger charge is -1.91. The minimum Gasteiger partial charge on any atom is -0.504 e. The molecule has 0 bridgehead atoms. The number of aromatic carboxylic acids is 1. The normalized spacial score (nSPS) is 9.79. The molecule has 74 valence electrons. The van der Waals surface area contributed by atoms with E-state index in [-0.39, 0.29) is 4.47 Å². The first-order chi connectivity index (χ1) is 6.43. The zero-order valence-corrected chi connectivity index (χ0v) is 8.28. The summed E-state index contributed by atoms with van der Waals surface area (Å²) in [6.45, 7) is 0. The molecule has 1 aromatic rings. The Balaban J connectivity index is 3.68. The van der Waals surface area contributed by atoms with Crippen LogP contribution in [0.25, 0.3) is 0 Å². The highest BCUT2D eigenvalue weighted by molar-refractivity contribution is 9.10. The quantitative estimate of drug-likeness (QED) is 0.698. The van der Waals surface area contributed by atoms with E-state index in [1.54, 1.807) is 0 Å². The molecule has 0 spiro atoms. The van der Waals surface area contributed by atoms with Crippen molar-refractivity contribution in [3.05, 3.63) is 32.4 Å². The lowest BCUT2D eigenvalue weighted by molar-refractivity contribution is 0.0696. The molecule has 0 saturated heterocycles. The maximum Gasteiger partial charge on any atom is 0.335 e. The Morgan fingerprint density at radius 1 is 1.29 bits per heavy atom. The summed E-state index contributed by atoms with van der Waals surface area (Å²) in [5.41, 5.74) is -1.12. The van der Waals surface area contributed by atoms with E-state index < -0.39 is 28.5 Å². The standard InChI is InChI=1S/C8H5BrO5/c9-6-4(10)1-3(8(13)14)2-5(11)7(6)12/h1-2,11-12H,(H,13,14). The van der Waals surface area contributed by atoms with Gasteiger partial charge in [-0.3, -0.25) is 4.79 Å². The van der Waals surface area contributed by atoms with E-state index in [9.17, 15) is 9.59 Å². The molecule has 0 aliphatic carbocycles. The third kappa shape index (κ3) is 1.85. The molecule has 0 unspecified atom stereocenters. The van der Waals surface area contributed by atoms with E-state index in [0.717, 1.165) is 12.1 Å². The summed E-state index contributed by atoms with van der Waals surface area (Å²) in [5, 5.41) is 26.9. The van der Waals surface area contributed by atoms with Gasteiger partial charge >= 0.3 is 5.97 Å². The molecule has 14 heavy (non-hydrogen) atoms. The first-order valence-electron chi connectivity index (χ1n) is 3.42. The van der Waals surface area contributed by atoms with Gasteiger partial charge in [0.1, 0.15) is 4.47 Å². The minimum absolute atomic E-state index is 0.275. The summed E-state index contributed by atoms with van der Waals surface area (Å²) in [6.07, 6.45) is 0. The smallest absolute Gasteiger partial charge is 0.335 e. The zero-order valence-electron chi connectivity index (χ0n) is 6.69. The zero-order chi connectivity index (χ0) is 10.9. The molecule has 1 rings (SSSR count). The van der Waals surface area contributed by atoms with E-state index in [1.165, 1.54) is 0 Å². The Bertz CT molecular complexity index is 454. The van der Waals surface area contributed by atoms with Crippen LogP contribution < -0.4 is 5.43 Å². The summed E-state index contributed by atoms with van der Waals surface area (Å²) in [5.74, 6) is -2.71. The summed E-state index contributed by atoms with van der Waals surface area (Å²) in [6, 6.07) is 1.59. The van der Waals surface area contributed by atoms with Crippen molar-refractivity contribution in [3.8, 4) is 11.5 Å². The molecular weight excluding hydrogens is 256 g/mol. The van der Waals surface area contributed by atoms with Gasteiger partial charge in [-0.05, 0) is 22.0 Å². The first kappa shape index (κ1) is 10.5. The van der Waals surface area contributed by atoms with Crippen LogP contribution in [0.1, 0.15) is 10.4 Å². The van der Waals surface area contributed by atoms with Crippen molar-refractivity contribution in [2.24, 2.45) is 0 Å². The van der Waals surface area contributed by atoms with E-state index in [1.807, 2.05) is 0 Å². The van der Waals surface area contributed by atoms with Gasteiger partial charge in [0.15, 0.2) is 16.9 Å². The molecule has 0 aromatic heterocycles. The predicted molar refractivity (Wildman–Crippen MR) is 50.7 cm³/mol. The van der Waals surface area contributed by atoms with E-state index in [4.69, 9.17) is 15.3 Å². The number of aromatic hydroxyl groups is 2. The van der Waals surface area contributed by atoms with Crippen LogP contribution in [-0.2, 0) is 0 Å². The molecule has 0 atom stereocenters. The summed E-state index contributed by atoms with van der Waals surface area (Å²) in [4.78, 5) is 21.7. The fourth-order valence-electron chi connectivity index (χ4n) is 0.815. The molecule has 5 nitrogen and oxygen atoms in total. The number of carbonyl (C=O) groups is 1. The first-order valence-corrected chi connectivity index (χ1v) is 4.22. The molecule has 3 N–H and O–H groups in total. The Hall–Kier alpha value is -1.56. The van der Waals surface area contributed by atoms with Gasteiger partial charge in [-0.2, -0.15) is 0 Å². The van der Waals surface area contributed by atoms with Gasteiger partial charge in [0, 0.05) is 6.07 Å². The average molecular weight is 261 g/mol. The average Bonchev–Trinajstić information content (AvgIpc) is 2.20. The van der Waals surface area contributed by atoms with Gasteiger partial charge in [0.05, 0.1) is 5.56 Å². The van der Waals surface area contributed by atoms with Crippen LogP contribution in [0.2, 0.25) is 0 Å². The fraction of sp³-hybridized carbons (Fsp3) is 0. The fourth-order valence-corrected chi connectivity index (χ4v) is 1.13. The molecule has 0 amide bonds. The van der Waals surface area contributed by atoms with E-state index >= 15 is 0 Å². The van der Waals surface area contributed by atoms with Crippen LogP contribution in [0, 0.1) is 0 Å². The Kier molecular flexibility index (Phi) is 2.76. The molecule has 0 aliphatic rings. The van der Waals surface area contributed by atoms with Crippen LogP contribution >= 0.6 is 15.9 Å². The molecule has 0 heterocycles. The van der Waals surface area contributed by atoms with Gasteiger partial charge in [0.25, 0.3) is 0 Å². The maximum absolute atomic E-state index is 11.1. The van der Waals surface area contributed by atoms with Crippen LogP contribution in [-0.4, -0.2) is 21.3 Å². The molecule has 0 saturated carbocycles. The van der Waals surface area contributed by atoms with Crippen LogP contribution in [0.15, 0.2) is 21.4 Å². The summed E-state index contributed by atoms with van der Waals surface area (Å²) < 4.78 is -0.275. The van der Waals surface area contributed by atoms with Gasteiger partial charge in [-0.25, -0.2) is 4.79 Å². The second-order valence-corrected chi connectivity index (χ2v) is 3.25. The molecule has 0 radical (unpaired) electrons. The highest BCUT2D eigenvalue weighted by Gasteiger charge is 2.11. The number of halogens is 1. The molecule has 0 aliphatic heterocycles. The van der Waals surface area contributed by atoms with Gasteiger partial charge in [-0.1, -0.05) is 0 Å². The van der Waals surface area contributed by atoms with Crippen molar-refractivity contribution in [1.29, 1.82) is 0 Å². The van der Waals surface area contributed by atoms with Crippen molar-refractivity contribution < 1.29 is 20.1 Å². The second kappa shape index (κ2) is 3.67. The second-order valence-electron chi connectivity index (χ2n) is 2.46. The van der Waals surface area contributed by atoms with Crippen LogP contribution in [0.3, 0.4) is 0 Å². The van der Waals surface area contributed by atoms with Crippen molar-refractivity contribution in [3.63, 3.8) is 0 Å². The van der Waals surface area contributed by atoms with Crippen molar-refractivity contribution >= 4 is 21.9 Å². The molecule has 0 fully saturated rings. The third-order valence-corrected chi connectivity index (χ3v) is 2.26. The van der Waals surface area contributed by atoms with Gasteiger partial charge in [-0.15, -0.1) is 0 Å². The number of carboxylic acid groups (broad SMARTS) is 1. The van der Waals surface area contributed by atoms with Crippen molar-refractivity contribution in [1.82, 2.24) is 0 Å². The maximum atomic E-state index is 11.1. The molecular formula is C8H5BrO5. The van der Waals surface area contributed by atoms with Crippen molar-refractivity contribution in [2.75, 3.05) is 0 Å². The topological polar surface area (TPSA) is 94.8 Å². The van der Waals surface area contributed by atoms with Crippen molar-refractivity contribution in [2.45, 2.75) is 0 Å². The van der Waals surface area contributed by atoms with Gasteiger partial charge in [0.2, 0.25) is 0 Å². The Morgan fingerprint density at radius 2 is 1.86 bits per heavy atom. The van der Waals surface area contributed by atoms with Crippen LogP contribution in [0.5, 0.6) is 11.5 Å².